The summed E-state index contributed by atoms with van der Waals surface area (Å²) in [5.41, 5.74) is 8.10. The first-order valence-electron chi connectivity index (χ1n) is 23.3. The summed E-state index contributed by atoms with van der Waals surface area (Å²) in [5, 5.41) is 14.2. The summed E-state index contributed by atoms with van der Waals surface area (Å²) < 4.78 is 121. The maximum atomic E-state index is 13.4. The maximum Gasteiger partial charge on any atom is 0.586 e. The van der Waals surface area contributed by atoms with Crippen molar-refractivity contribution >= 4 is 51.8 Å². The molecule has 0 atom stereocenters. The van der Waals surface area contributed by atoms with Crippen LogP contribution in [0.3, 0.4) is 0 Å². The summed E-state index contributed by atoms with van der Waals surface area (Å²) in [5.74, 6) is 0.137. The third kappa shape index (κ3) is 10.8. The molecule has 3 N–H and O–H groups in total. The zero-order valence-corrected chi connectivity index (χ0v) is 41.5. The van der Waals surface area contributed by atoms with Gasteiger partial charge in [0, 0.05) is 105 Å². The molecule has 0 spiro atoms. The molecular weight excluding hydrogens is 1020 g/mol. The van der Waals surface area contributed by atoms with Crippen LogP contribution in [-0.4, -0.2) is 111 Å². The number of fused-ring (bicyclic) bond motifs is 4. The Bertz CT molecular complexity index is 3560. The SMILES string of the molecule is CCS(=O)(=O)Cl.CCS(=O)(=O)N1CCC(n2cc(-c3cnc4[nH]cc(-c5ccc6c(c5)OC(F)(F)O6)c4c3)cn2)CC1.FC1(F)Oc2ccc(-c3c[nH]c4ncc(-c5cnn(C6CCNCC6)c5)cc34)cc2O1. The van der Waals surface area contributed by atoms with Crippen LogP contribution < -0.4 is 24.3 Å². The molecule has 25 heteroatoms. The number of alkyl halides is 4. The van der Waals surface area contributed by atoms with Crippen LogP contribution in [0.1, 0.15) is 51.6 Å². The van der Waals surface area contributed by atoms with Crippen LogP contribution in [0.25, 0.3) is 66.6 Å². The molecule has 384 valence electrons. The van der Waals surface area contributed by atoms with Crippen molar-refractivity contribution in [3.05, 3.63) is 98.1 Å². The van der Waals surface area contributed by atoms with Gasteiger partial charge in [-0.3, -0.25) is 9.36 Å². The molecule has 2 fully saturated rings. The second-order valence-corrected chi connectivity index (χ2v) is 22.9. The lowest BCUT2D eigenvalue weighted by atomic mass is 10.0. The number of pyridine rings is 2. The number of rotatable bonds is 9. The second-order valence-electron chi connectivity index (χ2n) is 17.6. The number of sulfonamides is 1. The quantitative estimate of drug-likeness (QED) is 0.0909. The zero-order valence-electron chi connectivity index (χ0n) is 39.1. The van der Waals surface area contributed by atoms with E-state index in [0.717, 1.165) is 75.6 Å². The van der Waals surface area contributed by atoms with Crippen LogP contribution in [0, 0.1) is 0 Å². The maximum absolute atomic E-state index is 13.4. The average molecular weight is 1070 g/mol. The van der Waals surface area contributed by atoms with E-state index in [0.29, 0.717) is 48.8 Å². The van der Waals surface area contributed by atoms with Gasteiger partial charge >= 0.3 is 12.6 Å². The lowest BCUT2D eigenvalue weighted by Gasteiger charge is -2.31. The van der Waals surface area contributed by atoms with Gasteiger partial charge in [0.15, 0.2) is 23.0 Å². The summed E-state index contributed by atoms with van der Waals surface area (Å²) in [6, 6.07) is 14.0. The van der Waals surface area contributed by atoms with Gasteiger partial charge in [-0.1, -0.05) is 19.1 Å². The number of nitrogens with zero attached hydrogens (tertiary/aromatic N) is 7. The van der Waals surface area contributed by atoms with E-state index in [9.17, 15) is 34.4 Å². The molecule has 0 saturated carbocycles. The molecule has 4 aliphatic rings. The molecule has 4 aliphatic heterocycles. The van der Waals surface area contributed by atoms with Crippen molar-refractivity contribution in [1.29, 1.82) is 0 Å². The minimum atomic E-state index is -3.67. The summed E-state index contributed by atoms with van der Waals surface area (Å²) in [4.78, 5) is 15.3. The van der Waals surface area contributed by atoms with Gasteiger partial charge in [-0.15, -0.1) is 17.6 Å². The Hall–Kier alpha value is -6.73. The molecule has 0 bridgehead atoms. The van der Waals surface area contributed by atoms with Crippen LogP contribution in [0.15, 0.2) is 98.1 Å². The monoisotopic (exact) mass is 1070 g/mol. The number of halogens is 5. The van der Waals surface area contributed by atoms with Crippen molar-refractivity contribution < 1.29 is 53.3 Å². The Morgan fingerprint density at radius 2 is 1.04 bits per heavy atom. The van der Waals surface area contributed by atoms with Gasteiger partial charge in [-0.2, -0.15) is 10.2 Å². The van der Waals surface area contributed by atoms with E-state index in [1.54, 1.807) is 48.0 Å². The van der Waals surface area contributed by atoms with Crippen molar-refractivity contribution in [2.75, 3.05) is 37.7 Å². The van der Waals surface area contributed by atoms with Crippen molar-refractivity contribution in [2.45, 2.75) is 64.2 Å². The van der Waals surface area contributed by atoms with Crippen LogP contribution in [0.5, 0.6) is 23.0 Å². The van der Waals surface area contributed by atoms with Gasteiger partial charge < -0.3 is 34.2 Å². The normalized spacial score (nSPS) is 17.6. The number of H-pyrrole nitrogens is 2. The van der Waals surface area contributed by atoms with Gasteiger partial charge in [0.2, 0.25) is 19.1 Å². The van der Waals surface area contributed by atoms with E-state index in [-0.39, 0.29) is 40.5 Å². The Morgan fingerprint density at radius 3 is 1.48 bits per heavy atom. The number of nitrogens with one attached hydrogen (secondary N) is 3. The molecule has 0 radical (unpaired) electrons. The minimum Gasteiger partial charge on any atom is -0.395 e. The lowest BCUT2D eigenvalue weighted by molar-refractivity contribution is -0.287. The predicted molar refractivity (Wildman–Crippen MR) is 264 cm³/mol. The summed E-state index contributed by atoms with van der Waals surface area (Å²) in [7, 11) is -1.68. The predicted octanol–water partition coefficient (Wildman–Crippen LogP) is 9.32. The summed E-state index contributed by atoms with van der Waals surface area (Å²) in [6.07, 6.45) is 11.0. The van der Waals surface area contributed by atoms with Gasteiger partial charge in [-0.05, 0) is 93.2 Å². The van der Waals surface area contributed by atoms with E-state index >= 15 is 0 Å². The topological polar surface area (TPSA) is 213 Å². The number of aromatic amines is 2. The number of hydrogen-bond donors (Lipinski definition) is 3. The highest BCUT2D eigenvalue weighted by Gasteiger charge is 2.44. The van der Waals surface area contributed by atoms with Gasteiger partial charge in [0.05, 0.1) is 36.0 Å². The molecule has 0 unspecified atom stereocenters. The molecule has 8 aromatic rings. The summed E-state index contributed by atoms with van der Waals surface area (Å²) in [6.45, 7) is 6.12. The van der Waals surface area contributed by atoms with Crippen molar-refractivity contribution in [2.24, 2.45) is 0 Å². The first-order chi connectivity index (χ1) is 34.8. The average Bonchev–Trinajstić information content (AvgIpc) is 4.25. The standard InChI is InChI=1S/C24H23F2N5O4S.C22H19F2N5O2.C2H5ClO2S/c1-2-36(32,33)30-7-5-18(6-8-30)31-14-17(12-29-31)16-9-19-20(13-28-23(19)27-11-16)15-3-4-21-22(10-15)35-24(25,26)34-21;23-22(24)30-19-2-1-13(8-20(19)31-22)18-11-27-21-17(18)7-14(9-26-21)15-10-28-29(12-15)16-3-5-25-6-4-16;1-2-6(3,4)5/h3-4,9-14,18H,2,5-8H2,1H3,(H,27,28);1-2,7-12,16,25H,3-6H2,(H,26,27);2H2,1H3. The van der Waals surface area contributed by atoms with E-state index in [1.807, 2.05) is 46.3 Å². The molecule has 0 aliphatic carbocycles. The third-order valence-electron chi connectivity index (χ3n) is 12.9. The number of aromatic nitrogens is 8. The highest BCUT2D eigenvalue weighted by Crippen LogP contribution is 2.46. The Balaban J connectivity index is 0.000000152. The molecule has 0 amide bonds. The molecule has 18 nitrogen and oxygen atoms in total. The van der Waals surface area contributed by atoms with Crippen LogP contribution in [0.2, 0.25) is 0 Å². The largest absolute Gasteiger partial charge is 0.586 e. The number of ether oxygens (including phenoxy) is 4. The highest BCUT2D eigenvalue weighted by atomic mass is 35.7. The summed E-state index contributed by atoms with van der Waals surface area (Å²) >= 11 is 0. The Morgan fingerprint density at radius 1 is 0.603 bits per heavy atom. The van der Waals surface area contributed by atoms with Crippen LogP contribution in [-0.2, 0) is 19.1 Å². The van der Waals surface area contributed by atoms with E-state index in [2.05, 4.69) is 71.3 Å². The fraction of sp³-hybridized carbons (Fsp3) is 0.333. The number of hydrogen-bond acceptors (Lipinski definition) is 13. The smallest absolute Gasteiger partial charge is 0.395 e. The van der Waals surface area contributed by atoms with Crippen molar-refractivity contribution in [3.8, 4) is 67.5 Å². The van der Waals surface area contributed by atoms with Gasteiger partial charge in [0.1, 0.15) is 11.3 Å². The molecule has 12 rings (SSSR count). The van der Waals surface area contributed by atoms with Crippen LogP contribution >= 0.6 is 10.7 Å². The molecule has 73 heavy (non-hydrogen) atoms. The second kappa shape index (κ2) is 19.6. The molecule has 10 heterocycles. The minimum absolute atomic E-state index is 0.00653. The third-order valence-corrected chi connectivity index (χ3v) is 16.2. The van der Waals surface area contributed by atoms with Gasteiger partial charge in [-0.25, -0.2) is 31.1 Å². The Kier molecular flexibility index (Phi) is 13.4. The van der Waals surface area contributed by atoms with E-state index in [1.165, 1.54) is 25.1 Å². The van der Waals surface area contributed by atoms with Crippen LogP contribution in [0.4, 0.5) is 17.6 Å². The fourth-order valence-electron chi connectivity index (χ4n) is 9.05. The van der Waals surface area contributed by atoms with Crippen molar-refractivity contribution in [1.82, 2.24) is 49.1 Å². The molecule has 2 aromatic carbocycles. The first kappa shape index (κ1) is 49.8. The van der Waals surface area contributed by atoms with E-state index < -0.39 is 31.7 Å². The zero-order chi connectivity index (χ0) is 51.3. The number of piperidine rings is 2. The number of benzene rings is 2. The molecular formula is C48H47ClF4N10O8S2. The lowest BCUT2D eigenvalue weighted by Crippen LogP contribution is -2.39. The van der Waals surface area contributed by atoms with E-state index in [4.69, 9.17) is 0 Å². The Labute approximate surface area is 420 Å². The molecule has 6 aromatic heterocycles. The van der Waals surface area contributed by atoms with Crippen molar-refractivity contribution in [3.63, 3.8) is 0 Å². The van der Waals surface area contributed by atoms with Gasteiger partial charge in [0.25, 0.3) is 0 Å². The first-order valence-corrected chi connectivity index (χ1v) is 27.4. The highest BCUT2D eigenvalue weighted by molar-refractivity contribution is 8.13. The molecule has 2 saturated heterocycles. The fourth-order valence-corrected chi connectivity index (χ4v) is 10.2.